The van der Waals surface area contributed by atoms with Crippen LogP contribution >= 0.6 is 0 Å². The third-order valence-electron chi connectivity index (χ3n) is 2.97. The van der Waals surface area contributed by atoms with Crippen molar-refractivity contribution >= 4 is 15.7 Å². The summed E-state index contributed by atoms with van der Waals surface area (Å²) in [5, 5.41) is 12.2. The van der Waals surface area contributed by atoms with E-state index < -0.39 is 10.0 Å². The summed E-state index contributed by atoms with van der Waals surface area (Å²) in [6, 6.07) is 6.64. The van der Waals surface area contributed by atoms with Gasteiger partial charge < -0.3 is 15.2 Å². The maximum atomic E-state index is 12.5. The number of hydrogen-bond donors (Lipinski definition) is 2. The molecule has 0 atom stereocenters. The molecule has 0 aromatic heterocycles. The molecule has 0 aliphatic heterocycles. The van der Waals surface area contributed by atoms with Crippen LogP contribution in [0.25, 0.3) is 0 Å². The Kier molecular flexibility index (Phi) is 7.66. The normalized spacial score (nSPS) is 11.8. The number of nitrogens with zero attached hydrogens (tertiary/aromatic N) is 1. The third kappa shape index (κ3) is 5.28. The smallest absolute Gasteiger partial charge is 0.243 e. The Hall–Kier alpha value is -1.15. The Balaban J connectivity index is 2.88. The lowest BCUT2D eigenvalue weighted by Gasteiger charge is -2.21. The van der Waals surface area contributed by atoms with Crippen LogP contribution in [0.5, 0.6) is 0 Å². The minimum absolute atomic E-state index is 0.0571. The zero-order valence-corrected chi connectivity index (χ0v) is 13.4. The van der Waals surface area contributed by atoms with Crippen molar-refractivity contribution in [3.05, 3.63) is 24.3 Å². The molecule has 0 radical (unpaired) electrons. The van der Waals surface area contributed by atoms with E-state index in [1.165, 1.54) is 11.4 Å². The van der Waals surface area contributed by atoms with Crippen molar-refractivity contribution in [1.29, 1.82) is 0 Å². The molecule has 2 N–H and O–H groups in total. The first kappa shape index (κ1) is 17.9. The molecule has 21 heavy (non-hydrogen) atoms. The summed E-state index contributed by atoms with van der Waals surface area (Å²) in [5.74, 6) is 0. The van der Waals surface area contributed by atoms with Gasteiger partial charge in [0.05, 0.1) is 18.1 Å². The fraction of sp³-hybridized carbons (Fsp3) is 0.571. The Bertz CT molecular complexity index is 502. The molecule has 1 aromatic rings. The summed E-state index contributed by atoms with van der Waals surface area (Å²) in [6.45, 7) is 3.25. The van der Waals surface area contributed by atoms with Gasteiger partial charge >= 0.3 is 0 Å². The second-order valence-electron chi connectivity index (χ2n) is 4.57. The first-order valence-corrected chi connectivity index (χ1v) is 8.44. The van der Waals surface area contributed by atoms with Gasteiger partial charge in [-0.2, -0.15) is 4.31 Å². The van der Waals surface area contributed by atoms with Gasteiger partial charge in [-0.25, -0.2) is 8.42 Å². The highest BCUT2D eigenvalue weighted by molar-refractivity contribution is 7.89. The molecule has 0 spiro atoms. The first-order valence-electron chi connectivity index (χ1n) is 7.00. The van der Waals surface area contributed by atoms with Crippen LogP contribution in [0.3, 0.4) is 0 Å². The van der Waals surface area contributed by atoms with Gasteiger partial charge in [0.25, 0.3) is 0 Å². The van der Waals surface area contributed by atoms with Crippen LogP contribution in [0.1, 0.15) is 13.3 Å². The molecule has 0 heterocycles. The van der Waals surface area contributed by atoms with E-state index in [-0.39, 0.29) is 31.2 Å². The second-order valence-corrected chi connectivity index (χ2v) is 6.51. The van der Waals surface area contributed by atoms with Crippen molar-refractivity contribution in [2.24, 2.45) is 0 Å². The van der Waals surface area contributed by atoms with Gasteiger partial charge in [-0.3, -0.25) is 0 Å². The molecule has 6 nitrogen and oxygen atoms in total. The minimum Gasteiger partial charge on any atom is -0.395 e. The lowest BCUT2D eigenvalue weighted by molar-refractivity contribution is 0.168. The van der Waals surface area contributed by atoms with E-state index in [4.69, 9.17) is 9.84 Å². The zero-order valence-electron chi connectivity index (χ0n) is 12.6. The van der Waals surface area contributed by atoms with Gasteiger partial charge in [-0.15, -0.1) is 0 Å². The topological polar surface area (TPSA) is 78.9 Å². The molecule has 0 aliphatic carbocycles. The van der Waals surface area contributed by atoms with Gasteiger partial charge in [0, 0.05) is 32.4 Å². The molecule has 1 rings (SSSR count). The number of ether oxygens (including phenoxy) is 1. The van der Waals surface area contributed by atoms with Gasteiger partial charge in [-0.05, 0) is 30.7 Å². The van der Waals surface area contributed by atoms with Crippen LogP contribution in [0.15, 0.2) is 29.2 Å². The maximum Gasteiger partial charge on any atom is 0.243 e. The number of anilines is 1. The van der Waals surface area contributed by atoms with Crippen molar-refractivity contribution < 1.29 is 18.3 Å². The predicted octanol–water partition coefficient (Wildman–Crippen LogP) is 1.14. The van der Waals surface area contributed by atoms with E-state index in [1.54, 1.807) is 24.3 Å². The summed E-state index contributed by atoms with van der Waals surface area (Å²) < 4.78 is 31.1. The summed E-state index contributed by atoms with van der Waals surface area (Å²) in [6.07, 6.45) is 1.00. The summed E-state index contributed by atoms with van der Waals surface area (Å²) in [7, 11) is -2.10. The fourth-order valence-electron chi connectivity index (χ4n) is 1.82. The highest BCUT2D eigenvalue weighted by atomic mass is 32.2. The van der Waals surface area contributed by atoms with Gasteiger partial charge in [0.2, 0.25) is 10.0 Å². The van der Waals surface area contributed by atoms with E-state index in [1.807, 2.05) is 0 Å². The molecule has 0 fully saturated rings. The molecule has 120 valence electrons. The molecule has 0 unspecified atom stereocenters. The fourth-order valence-corrected chi connectivity index (χ4v) is 3.24. The summed E-state index contributed by atoms with van der Waals surface area (Å²) >= 11 is 0. The molecule has 0 saturated carbocycles. The average Bonchev–Trinajstić information content (AvgIpc) is 2.49. The van der Waals surface area contributed by atoms with Gasteiger partial charge in [0.15, 0.2) is 0 Å². The summed E-state index contributed by atoms with van der Waals surface area (Å²) in [4.78, 5) is 0.217. The van der Waals surface area contributed by atoms with E-state index in [0.717, 1.165) is 18.7 Å². The predicted molar refractivity (Wildman–Crippen MR) is 82.9 cm³/mol. The second kappa shape index (κ2) is 8.99. The number of aliphatic hydroxyl groups excluding tert-OH is 1. The first-order chi connectivity index (χ1) is 10.1. The molecule has 7 heteroatoms. The number of nitrogens with one attached hydrogen (secondary N) is 1. The highest BCUT2D eigenvalue weighted by Gasteiger charge is 2.23. The molecule has 0 aliphatic rings. The quantitative estimate of drug-likeness (QED) is 0.677. The van der Waals surface area contributed by atoms with Crippen molar-refractivity contribution in [2.75, 3.05) is 45.3 Å². The number of aliphatic hydroxyl groups is 1. The standard InChI is InChI=1S/C14H24N2O4S/c1-3-8-15-13-4-6-14(7-5-13)21(18,19)16(9-11-17)10-12-20-2/h4-7,15,17H,3,8-12H2,1-2H3. The number of benzene rings is 1. The van der Waals surface area contributed by atoms with E-state index in [9.17, 15) is 8.42 Å². The van der Waals surface area contributed by atoms with Gasteiger partial charge in [-0.1, -0.05) is 6.92 Å². The van der Waals surface area contributed by atoms with Crippen molar-refractivity contribution in [1.82, 2.24) is 4.31 Å². The van der Waals surface area contributed by atoms with E-state index in [0.29, 0.717) is 0 Å². The van der Waals surface area contributed by atoms with Crippen LogP contribution in [0.4, 0.5) is 5.69 Å². The lowest BCUT2D eigenvalue weighted by Crippen LogP contribution is -2.36. The molecule has 0 amide bonds. The van der Waals surface area contributed by atoms with Crippen LogP contribution in [-0.4, -0.2) is 57.8 Å². The number of rotatable bonds is 10. The van der Waals surface area contributed by atoms with Crippen LogP contribution < -0.4 is 5.32 Å². The Morgan fingerprint density at radius 1 is 1.24 bits per heavy atom. The Morgan fingerprint density at radius 3 is 2.43 bits per heavy atom. The number of hydrogen-bond acceptors (Lipinski definition) is 5. The molecule has 0 bridgehead atoms. The Morgan fingerprint density at radius 2 is 1.90 bits per heavy atom. The Labute approximate surface area is 126 Å². The molecular formula is C14H24N2O4S. The highest BCUT2D eigenvalue weighted by Crippen LogP contribution is 2.18. The van der Waals surface area contributed by atoms with Gasteiger partial charge in [0.1, 0.15) is 0 Å². The lowest BCUT2D eigenvalue weighted by atomic mass is 10.3. The third-order valence-corrected chi connectivity index (χ3v) is 4.88. The zero-order chi connectivity index (χ0) is 15.7. The molecular weight excluding hydrogens is 292 g/mol. The molecule has 1 aromatic carbocycles. The van der Waals surface area contributed by atoms with Crippen LogP contribution in [0, 0.1) is 0 Å². The van der Waals surface area contributed by atoms with Crippen molar-refractivity contribution in [2.45, 2.75) is 18.2 Å². The van der Waals surface area contributed by atoms with Crippen LogP contribution in [-0.2, 0) is 14.8 Å². The SMILES string of the molecule is CCCNc1ccc(S(=O)(=O)N(CCO)CCOC)cc1. The van der Waals surface area contributed by atoms with Crippen LogP contribution in [0.2, 0.25) is 0 Å². The maximum absolute atomic E-state index is 12.5. The molecule has 0 saturated heterocycles. The van der Waals surface area contributed by atoms with E-state index in [2.05, 4.69) is 12.2 Å². The number of sulfonamides is 1. The largest absolute Gasteiger partial charge is 0.395 e. The number of methoxy groups -OCH3 is 1. The monoisotopic (exact) mass is 316 g/mol. The van der Waals surface area contributed by atoms with Crippen molar-refractivity contribution in [3.63, 3.8) is 0 Å². The minimum atomic E-state index is -3.61. The van der Waals surface area contributed by atoms with E-state index >= 15 is 0 Å². The van der Waals surface area contributed by atoms with Crippen molar-refractivity contribution in [3.8, 4) is 0 Å². The summed E-state index contributed by atoms with van der Waals surface area (Å²) in [5.41, 5.74) is 0.890. The average molecular weight is 316 g/mol.